The zero-order valence-corrected chi connectivity index (χ0v) is 22.8. The highest BCUT2D eigenvalue weighted by atomic mass is 16.5. The minimum Gasteiger partial charge on any atom is -0.497 e. The number of methoxy groups -OCH3 is 1. The molecule has 0 bridgehead atoms. The summed E-state index contributed by atoms with van der Waals surface area (Å²) in [7, 11) is 1.67. The highest BCUT2D eigenvalue weighted by Gasteiger charge is 2.23. The zero-order chi connectivity index (χ0) is 27.5. The smallest absolute Gasteiger partial charge is 0.254 e. The normalized spacial score (nSPS) is 10.7. The van der Waals surface area contributed by atoms with Gasteiger partial charge >= 0.3 is 0 Å². The number of hydrogen-bond acceptors (Lipinski definition) is 3. The van der Waals surface area contributed by atoms with Gasteiger partial charge in [-0.1, -0.05) is 74.0 Å². The van der Waals surface area contributed by atoms with E-state index in [1.54, 1.807) is 24.1 Å². The largest absolute Gasteiger partial charge is 0.497 e. The molecule has 0 spiro atoms. The van der Waals surface area contributed by atoms with Gasteiger partial charge in [0.1, 0.15) is 12.3 Å². The number of hydrogen-bond donors (Lipinski definition) is 0. The predicted molar refractivity (Wildman–Crippen MR) is 154 cm³/mol. The van der Waals surface area contributed by atoms with E-state index in [0.29, 0.717) is 31.7 Å². The molecule has 0 N–H and O–H groups in total. The second-order valence-electron chi connectivity index (χ2n) is 9.66. The first-order valence-corrected chi connectivity index (χ1v) is 13.5. The number of unbranched alkanes of at least 4 members (excludes halogenated alkanes) is 1. The van der Waals surface area contributed by atoms with E-state index in [4.69, 9.17) is 4.74 Å². The van der Waals surface area contributed by atoms with Gasteiger partial charge in [0.2, 0.25) is 5.91 Å². The lowest BCUT2D eigenvalue weighted by Gasteiger charge is -2.28. The lowest BCUT2D eigenvalue weighted by atomic mass is 10.1. The minimum absolute atomic E-state index is 0.0388. The van der Waals surface area contributed by atoms with Crippen LogP contribution in [0.25, 0.3) is 0 Å². The summed E-state index contributed by atoms with van der Waals surface area (Å²) in [4.78, 5) is 30.7. The van der Waals surface area contributed by atoms with Gasteiger partial charge in [0.25, 0.3) is 5.91 Å². The fraction of sp³-hybridized carbons (Fsp3) is 0.273. The van der Waals surface area contributed by atoms with Crippen molar-refractivity contribution in [2.75, 3.05) is 20.2 Å². The molecule has 0 saturated heterocycles. The van der Waals surface area contributed by atoms with E-state index in [9.17, 15) is 9.59 Å². The van der Waals surface area contributed by atoms with Crippen LogP contribution in [-0.2, 0) is 24.4 Å². The molecule has 3 aromatic carbocycles. The third-order valence-electron chi connectivity index (χ3n) is 6.75. The molecule has 4 rings (SSSR count). The Hall–Kier alpha value is -4.32. The molecule has 0 fully saturated rings. The van der Waals surface area contributed by atoms with Crippen LogP contribution in [0, 0.1) is 0 Å². The van der Waals surface area contributed by atoms with Crippen LogP contribution in [-0.4, -0.2) is 46.4 Å². The van der Waals surface area contributed by atoms with Gasteiger partial charge in [-0.05, 0) is 53.9 Å². The Morgan fingerprint density at radius 2 is 1.51 bits per heavy atom. The number of carbonyl (C=O) groups is 2. The molecular formula is C33H37N3O3. The fourth-order valence-corrected chi connectivity index (χ4v) is 4.57. The van der Waals surface area contributed by atoms with Gasteiger partial charge in [0.15, 0.2) is 0 Å². The number of ether oxygens (including phenoxy) is 1. The van der Waals surface area contributed by atoms with Crippen molar-refractivity contribution < 1.29 is 14.3 Å². The van der Waals surface area contributed by atoms with Crippen LogP contribution in [0.5, 0.6) is 5.75 Å². The van der Waals surface area contributed by atoms with Gasteiger partial charge in [0, 0.05) is 37.1 Å². The van der Waals surface area contributed by atoms with Crippen molar-refractivity contribution in [3.05, 3.63) is 126 Å². The number of nitrogens with zero attached hydrogens (tertiary/aromatic N) is 3. The maximum Gasteiger partial charge on any atom is 0.254 e. The molecule has 1 aromatic heterocycles. The average Bonchev–Trinajstić information content (AvgIpc) is 3.41. The number of benzene rings is 3. The van der Waals surface area contributed by atoms with Crippen molar-refractivity contribution in [2.24, 2.45) is 0 Å². The summed E-state index contributed by atoms with van der Waals surface area (Å²) in [6, 6.07) is 31.3. The molecular weight excluding hydrogens is 486 g/mol. The summed E-state index contributed by atoms with van der Waals surface area (Å²) in [5.41, 5.74) is 3.79. The molecule has 6 heteroatoms. The van der Waals surface area contributed by atoms with Crippen LogP contribution in [0.15, 0.2) is 103 Å². The van der Waals surface area contributed by atoms with E-state index in [1.807, 2.05) is 83.9 Å². The SMILES string of the molecule is CCCCN(CC(=O)N(Cc1ccccc1)Cc1cccn1Cc1cccc(OC)c1)C(=O)c1ccccc1. The van der Waals surface area contributed by atoms with Crippen LogP contribution in [0.1, 0.15) is 46.9 Å². The molecule has 202 valence electrons. The van der Waals surface area contributed by atoms with Gasteiger partial charge < -0.3 is 19.1 Å². The van der Waals surface area contributed by atoms with Crippen LogP contribution in [0.2, 0.25) is 0 Å². The number of carbonyl (C=O) groups excluding carboxylic acids is 2. The number of amides is 2. The molecule has 0 saturated carbocycles. The second-order valence-corrected chi connectivity index (χ2v) is 9.66. The lowest BCUT2D eigenvalue weighted by molar-refractivity contribution is -0.133. The topological polar surface area (TPSA) is 54.8 Å². The van der Waals surface area contributed by atoms with Crippen LogP contribution in [0.4, 0.5) is 0 Å². The van der Waals surface area contributed by atoms with Crippen molar-refractivity contribution in [3.8, 4) is 5.75 Å². The van der Waals surface area contributed by atoms with E-state index in [-0.39, 0.29) is 18.4 Å². The highest BCUT2D eigenvalue weighted by Crippen LogP contribution is 2.18. The summed E-state index contributed by atoms with van der Waals surface area (Å²) in [6.07, 6.45) is 3.82. The predicted octanol–water partition coefficient (Wildman–Crippen LogP) is 6.02. The van der Waals surface area contributed by atoms with E-state index < -0.39 is 0 Å². The molecule has 6 nitrogen and oxygen atoms in total. The number of aromatic nitrogens is 1. The molecule has 0 unspecified atom stereocenters. The van der Waals surface area contributed by atoms with E-state index in [1.165, 1.54) is 0 Å². The Labute approximate surface area is 231 Å². The Bertz CT molecular complexity index is 1330. The average molecular weight is 524 g/mol. The van der Waals surface area contributed by atoms with Gasteiger partial charge in [0.05, 0.1) is 13.7 Å². The highest BCUT2D eigenvalue weighted by molar-refractivity contribution is 5.96. The second kappa shape index (κ2) is 14.0. The van der Waals surface area contributed by atoms with Crippen molar-refractivity contribution in [2.45, 2.75) is 39.4 Å². The molecule has 1 heterocycles. The molecule has 0 aliphatic heterocycles. The maximum absolute atomic E-state index is 13.8. The molecule has 2 amide bonds. The van der Waals surface area contributed by atoms with Crippen molar-refractivity contribution in [3.63, 3.8) is 0 Å². The lowest BCUT2D eigenvalue weighted by Crippen LogP contribution is -2.43. The summed E-state index contributed by atoms with van der Waals surface area (Å²) >= 11 is 0. The van der Waals surface area contributed by atoms with Crippen molar-refractivity contribution in [1.29, 1.82) is 0 Å². The third-order valence-corrected chi connectivity index (χ3v) is 6.75. The van der Waals surface area contributed by atoms with Crippen LogP contribution >= 0.6 is 0 Å². The Kier molecular flexibility index (Phi) is 9.95. The van der Waals surface area contributed by atoms with Gasteiger partial charge in [-0.15, -0.1) is 0 Å². The first-order chi connectivity index (χ1) is 19.1. The molecule has 0 aliphatic carbocycles. The van der Waals surface area contributed by atoms with Crippen LogP contribution < -0.4 is 4.74 Å². The molecule has 0 atom stereocenters. The molecule has 0 aliphatic rings. The zero-order valence-electron chi connectivity index (χ0n) is 22.8. The third kappa shape index (κ3) is 7.84. The fourth-order valence-electron chi connectivity index (χ4n) is 4.57. The maximum atomic E-state index is 13.8. The summed E-state index contributed by atoms with van der Waals surface area (Å²) in [5, 5.41) is 0. The molecule has 0 radical (unpaired) electrons. The van der Waals surface area contributed by atoms with E-state index in [2.05, 4.69) is 23.6 Å². The monoisotopic (exact) mass is 523 g/mol. The van der Waals surface area contributed by atoms with Gasteiger partial charge in [-0.3, -0.25) is 9.59 Å². The van der Waals surface area contributed by atoms with Gasteiger partial charge in [-0.2, -0.15) is 0 Å². The molecule has 39 heavy (non-hydrogen) atoms. The summed E-state index contributed by atoms with van der Waals surface area (Å²) in [5.74, 6) is 0.629. The first-order valence-electron chi connectivity index (χ1n) is 13.5. The Morgan fingerprint density at radius 1 is 0.795 bits per heavy atom. The minimum atomic E-state index is -0.113. The Balaban J connectivity index is 1.56. The summed E-state index contributed by atoms with van der Waals surface area (Å²) in [6.45, 7) is 4.24. The quantitative estimate of drug-likeness (QED) is 0.215. The molecule has 4 aromatic rings. The van der Waals surface area contributed by atoms with Crippen molar-refractivity contribution >= 4 is 11.8 Å². The standard InChI is InChI=1S/C33H37N3O3/c1-3-4-20-35(33(38)29-16-9-6-10-17-29)26-32(37)36(23-27-13-7-5-8-14-27)25-30-18-12-21-34(30)24-28-15-11-19-31(22-28)39-2/h5-19,21-22H,3-4,20,23-26H2,1-2H3. The van der Waals surface area contributed by atoms with E-state index >= 15 is 0 Å². The van der Waals surface area contributed by atoms with Gasteiger partial charge in [-0.25, -0.2) is 0 Å². The first kappa shape index (κ1) is 27.7. The Morgan fingerprint density at radius 3 is 2.23 bits per heavy atom. The van der Waals surface area contributed by atoms with Crippen molar-refractivity contribution in [1.82, 2.24) is 14.4 Å². The van der Waals surface area contributed by atoms with E-state index in [0.717, 1.165) is 35.4 Å². The van der Waals surface area contributed by atoms with Crippen LogP contribution in [0.3, 0.4) is 0 Å². The number of rotatable bonds is 13. The summed E-state index contributed by atoms with van der Waals surface area (Å²) < 4.78 is 7.55.